The predicted molar refractivity (Wildman–Crippen MR) is 90.7 cm³/mol. The maximum atomic E-state index is 12.1. The Kier molecular flexibility index (Phi) is 6.18. The van der Waals surface area contributed by atoms with Crippen molar-refractivity contribution in [1.29, 1.82) is 0 Å². The highest BCUT2D eigenvalue weighted by atomic mass is 16.6. The molecule has 0 aliphatic carbocycles. The number of rotatable bonds is 7. The Morgan fingerprint density at radius 3 is 2.46 bits per heavy atom. The first-order valence-electron chi connectivity index (χ1n) is 8.07. The van der Waals surface area contributed by atoms with Crippen molar-refractivity contribution in [3.63, 3.8) is 0 Å². The van der Waals surface area contributed by atoms with Crippen LogP contribution in [0, 0.1) is 6.92 Å². The van der Waals surface area contributed by atoms with Gasteiger partial charge < -0.3 is 14.5 Å². The Labute approximate surface area is 142 Å². The number of aryl methyl sites for hydroxylation is 2. The molecule has 0 fully saturated rings. The van der Waals surface area contributed by atoms with Crippen molar-refractivity contribution in [2.24, 2.45) is 0 Å². The molecule has 0 unspecified atom stereocenters. The van der Waals surface area contributed by atoms with Crippen molar-refractivity contribution in [2.45, 2.75) is 45.8 Å². The van der Waals surface area contributed by atoms with Gasteiger partial charge in [-0.15, -0.1) is 0 Å². The number of ether oxygens (including phenoxy) is 1. The number of nitrogens with one attached hydrogen (secondary N) is 1. The summed E-state index contributed by atoms with van der Waals surface area (Å²) in [6.45, 7) is 5.22. The molecule has 5 heteroatoms. The molecule has 1 aromatic heterocycles. The molecule has 0 aliphatic rings. The van der Waals surface area contributed by atoms with Crippen molar-refractivity contribution < 1.29 is 18.7 Å². The molecule has 0 saturated carbocycles. The summed E-state index contributed by atoms with van der Waals surface area (Å²) in [6, 6.07) is 13.3. The van der Waals surface area contributed by atoms with Crippen LogP contribution in [0.2, 0.25) is 0 Å². The lowest BCUT2D eigenvalue weighted by Gasteiger charge is -2.17. The van der Waals surface area contributed by atoms with Gasteiger partial charge in [0, 0.05) is 6.04 Å². The van der Waals surface area contributed by atoms with E-state index in [9.17, 15) is 9.59 Å². The SMILES string of the molecule is Cc1ccc(C(=O)O[C@@H](C)C(=O)N[C@H](C)CCc2ccccc2)o1. The molecular weight excluding hydrogens is 306 g/mol. The number of hydrogen-bond donors (Lipinski definition) is 1. The molecule has 0 bridgehead atoms. The third kappa shape index (κ3) is 5.26. The van der Waals surface area contributed by atoms with E-state index >= 15 is 0 Å². The van der Waals surface area contributed by atoms with Gasteiger partial charge in [0.05, 0.1) is 0 Å². The summed E-state index contributed by atoms with van der Waals surface area (Å²) in [4.78, 5) is 24.0. The van der Waals surface area contributed by atoms with E-state index in [0.717, 1.165) is 12.8 Å². The number of esters is 1. The van der Waals surface area contributed by atoms with Gasteiger partial charge in [0.15, 0.2) is 6.10 Å². The maximum Gasteiger partial charge on any atom is 0.375 e. The minimum absolute atomic E-state index is 0.00952. The van der Waals surface area contributed by atoms with Gasteiger partial charge in [0.2, 0.25) is 5.76 Å². The highest BCUT2D eigenvalue weighted by Crippen LogP contribution is 2.10. The number of carbonyl (C=O) groups excluding carboxylic acids is 2. The topological polar surface area (TPSA) is 68.5 Å². The van der Waals surface area contributed by atoms with Crippen LogP contribution < -0.4 is 5.32 Å². The number of carbonyl (C=O) groups is 2. The lowest BCUT2D eigenvalue weighted by atomic mass is 10.1. The van der Waals surface area contributed by atoms with Crippen molar-refractivity contribution in [3.05, 3.63) is 59.5 Å². The second-order valence-electron chi connectivity index (χ2n) is 5.89. The van der Waals surface area contributed by atoms with E-state index in [0.29, 0.717) is 5.76 Å². The van der Waals surface area contributed by atoms with E-state index < -0.39 is 12.1 Å². The molecule has 1 aromatic carbocycles. The van der Waals surface area contributed by atoms with Crippen LogP contribution in [0.25, 0.3) is 0 Å². The minimum atomic E-state index is -0.873. The largest absolute Gasteiger partial charge is 0.454 e. The number of benzene rings is 1. The Morgan fingerprint density at radius 2 is 1.83 bits per heavy atom. The molecule has 2 atom stereocenters. The van der Waals surface area contributed by atoms with Crippen LogP contribution in [0.15, 0.2) is 46.9 Å². The summed E-state index contributed by atoms with van der Waals surface area (Å²) in [5.41, 5.74) is 1.23. The Bertz CT molecular complexity index is 678. The first kappa shape index (κ1) is 17.8. The number of amides is 1. The highest BCUT2D eigenvalue weighted by molar-refractivity contribution is 5.90. The molecule has 0 aliphatic heterocycles. The average Bonchev–Trinajstić information content (AvgIpc) is 3.00. The summed E-state index contributed by atoms with van der Waals surface area (Å²) < 4.78 is 10.3. The first-order valence-corrected chi connectivity index (χ1v) is 8.07. The van der Waals surface area contributed by atoms with Gasteiger partial charge in [-0.1, -0.05) is 30.3 Å². The Hall–Kier alpha value is -2.56. The number of furan rings is 1. The van der Waals surface area contributed by atoms with E-state index in [1.54, 1.807) is 19.9 Å². The van der Waals surface area contributed by atoms with Crippen molar-refractivity contribution in [3.8, 4) is 0 Å². The highest BCUT2D eigenvalue weighted by Gasteiger charge is 2.21. The zero-order valence-corrected chi connectivity index (χ0v) is 14.2. The molecule has 0 saturated heterocycles. The van der Waals surface area contributed by atoms with Gasteiger partial charge in [0.25, 0.3) is 5.91 Å². The molecule has 2 aromatic rings. The first-order chi connectivity index (χ1) is 11.5. The second-order valence-corrected chi connectivity index (χ2v) is 5.89. The zero-order chi connectivity index (χ0) is 17.5. The van der Waals surface area contributed by atoms with Crippen LogP contribution in [-0.4, -0.2) is 24.0 Å². The fraction of sp³-hybridized carbons (Fsp3) is 0.368. The van der Waals surface area contributed by atoms with Gasteiger partial charge in [-0.3, -0.25) is 4.79 Å². The van der Waals surface area contributed by atoms with E-state index in [1.165, 1.54) is 11.6 Å². The van der Waals surface area contributed by atoms with Crippen LogP contribution in [0.5, 0.6) is 0 Å². The van der Waals surface area contributed by atoms with E-state index in [-0.39, 0.29) is 17.7 Å². The third-order valence-corrected chi connectivity index (χ3v) is 3.69. The fourth-order valence-corrected chi connectivity index (χ4v) is 2.28. The summed E-state index contributed by atoms with van der Waals surface area (Å²) in [5.74, 6) is -0.229. The van der Waals surface area contributed by atoms with Gasteiger partial charge >= 0.3 is 5.97 Å². The van der Waals surface area contributed by atoms with Crippen molar-refractivity contribution in [1.82, 2.24) is 5.32 Å². The summed E-state index contributed by atoms with van der Waals surface area (Å²) in [7, 11) is 0. The minimum Gasteiger partial charge on any atom is -0.454 e. The van der Waals surface area contributed by atoms with E-state index in [2.05, 4.69) is 17.4 Å². The molecular formula is C19H23NO4. The molecule has 1 heterocycles. The Balaban J connectivity index is 1.77. The lowest BCUT2D eigenvalue weighted by Crippen LogP contribution is -2.41. The van der Waals surface area contributed by atoms with Gasteiger partial charge in [-0.05, 0) is 51.3 Å². The van der Waals surface area contributed by atoms with Crippen LogP contribution >= 0.6 is 0 Å². The second kappa shape index (κ2) is 8.34. The average molecular weight is 329 g/mol. The lowest BCUT2D eigenvalue weighted by molar-refractivity contribution is -0.129. The molecule has 0 radical (unpaired) electrons. The molecule has 0 spiro atoms. The predicted octanol–water partition coefficient (Wildman–Crippen LogP) is 3.27. The quantitative estimate of drug-likeness (QED) is 0.792. The maximum absolute atomic E-state index is 12.1. The molecule has 1 amide bonds. The summed E-state index contributed by atoms with van der Waals surface area (Å²) in [6.07, 6.45) is 0.817. The smallest absolute Gasteiger partial charge is 0.375 e. The van der Waals surface area contributed by atoms with E-state index in [1.807, 2.05) is 25.1 Å². The van der Waals surface area contributed by atoms with Gasteiger partial charge in [-0.25, -0.2) is 4.79 Å². The van der Waals surface area contributed by atoms with Crippen LogP contribution in [0.1, 0.15) is 42.1 Å². The van der Waals surface area contributed by atoms with Crippen molar-refractivity contribution >= 4 is 11.9 Å². The molecule has 5 nitrogen and oxygen atoms in total. The molecule has 2 rings (SSSR count). The molecule has 1 N–H and O–H groups in total. The monoisotopic (exact) mass is 329 g/mol. The van der Waals surface area contributed by atoms with Crippen LogP contribution in [0.4, 0.5) is 0 Å². The zero-order valence-electron chi connectivity index (χ0n) is 14.2. The van der Waals surface area contributed by atoms with Gasteiger partial charge in [0.1, 0.15) is 5.76 Å². The molecule has 128 valence electrons. The van der Waals surface area contributed by atoms with Crippen LogP contribution in [0.3, 0.4) is 0 Å². The standard InChI is InChI=1S/C19H23NO4/c1-13(9-11-16-7-5-4-6-8-16)20-18(21)15(3)24-19(22)17-12-10-14(2)23-17/h4-8,10,12-13,15H,9,11H2,1-3H3,(H,20,21)/t13-,15+/m1/s1. The number of hydrogen-bond acceptors (Lipinski definition) is 4. The fourth-order valence-electron chi connectivity index (χ4n) is 2.28. The normalized spacial score (nSPS) is 13.1. The third-order valence-electron chi connectivity index (χ3n) is 3.69. The molecule has 24 heavy (non-hydrogen) atoms. The Morgan fingerprint density at radius 1 is 1.12 bits per heavy atom. The summed E-state index contributed by atoms with van der Waals surface area (Å²) in [5, 5.41) is 2.87. The summed E-state index contributed by atoms with van der Waals surface area (Å²) >= 11 is 0. The van der Waals surface area contributed by atoms with Gasteiger partial charge in [-0.2, -0.15) is 0 Å². The van der Waals surface area contributed by atoms with Crippen LogP contribution in [-0.2, 0) is 16.0 Å². The van der Waals surface area contributed by atoms with E-state index in [4.69, 9.17) is 9.15 Å². The van der Waals surface area contributed by atoms with Crippen molar-refractivity contribution in [2.75, 3.05) is 0 Å².